The third-order valence-corrected chi connectivity index (χ3v) is 5.09. The Morgan fingerprint density at radius 3 is 2.67 bits per heavy atom. The topological polar surface area (TPSA) is 88.9 Å². The molecule has 0 radical (unpaired) electrons. The van der Waals surface area contributed by atoms with Crippen LogP contribution in [0.4, 0.5) is 14.5 Å². The van der Waals surface area contributed by atoms with Crippen molar-refractivity contribution in [2.45, 2.75) is 26.4 Å². The minimum atomic E-state index is -1.00. The number of aryl methyl sites for hydroxylation is 2. The van der Waals surface area contributed by atoms with Gasteiger partial charge in [-0.1, -0.05) is 18.2 Å². The summed E-state index contributed by atoms with van der Waals surface area (Å²) < 4.78 is 29.2. The number of carbonyl (C=O) groups is 2. The van der Waals surface area contributed by atoms with Gasteiger partial charge in [-0.15, -0.1) is 0 Å². The van der Waals surface area contributed by atoms with Gasteiger partial charge in [-0.2, -0.15) is 0 Å². The molecule has 2 heterocycles. The average molecular weight is 449 g/mol. The van der Waals surface area contributed by atoms with E-state index in [2.05, 4.69) is 20.6 Å². The zero-order valence-electron chi connectivity index (χ0n) is 17.8. The van der Waals surface area contributed by atoms with E-state index in [1.54, 1.807) is 24.7 Å². The summed E-state index contributed by atoms with van der Waals surface area (Å²) in [6.07, 6.45) is 4.03. The monoisotopic (exact) mass is 449 g/mol. The highest BCUT2D eigenvalue weighted by Crippen LogP contribution is 2.26. The number of anilines is 1. The van der Waals surface area contributed by atoms with Crippen LogP contribution in [0.1, 0.15) is 28.5 Å². The van der Waals surface area contributed by atoms with Gasteiger partial charge in [0.05, 0.1) is 23.0 Å². The number of carbonyl (C=O) groups excluding carboxylic acids is 2. The summed E-state index contributed by atoms with van der Waals surface area (Å²) in [7, 11) is 0. The second-order valence-corrected chi connectivity index (χ2v) is 7.48. The molecule has 2 aromatic carbocycles. The number of aromatic nitrogens is 3. The minimum Gasteiger partial charge on any atom is -0.348 e. The van der Waals surface area contributed by atoms with E-state index in [-0.39, 0.29) is 23.6 Å². The van der Waals surface area contributed by atoms with E-state index in [0.717, 1.165) is 11.8 Å². The molecule has 0 fully saturated rings. The van der Waals surface area contributed by atoms with Crippen LogP contribution in [0.3, 0.4) is 0 Å². The first-order valence-corrected chi connectivity index (χ1v) is 10.3. The minimum absolute atomic E-state index is 0.0327. The largest absolute Gasteiger partial charge is 0.348 e. The van der Waals surface area contributed by atoms with Crippen LogP contribution in [0, 0.1) is 11.6 Å². The number of amides is 2. The predicted octanol–water partition coefficient (Wildman–Crippen LogP) is 3.84. The molecule has 2 amide bonds. The van der Waals surface area contributed by atoms with E-state index in [4.69, 9.17) is 0 Å². The molecule has 9 heteroatoms. The van der Waals surface area contributed by atoms with Gasteiger partial charge in [0.15, 0.2) is 11.6 Å². The summed E-state index contributed by atoms with van der Waals surface area (Å²) in [5, 5.41) is 5.33. The number of nitrogens with zero attached hydrogens (tertiary/aromatic N) is 3. The van der Waals surface area contributed by atoms with E-state index in [9.17, 15) is 18.4 Å². The van der Waals surface area contributed by atoms with Crippen LogP contribution >= 0.6 is 0 Å². The predicted molar refractivity (Wildman–Crippen MR) is 120 cm³/mol. The molecule has 0 saturated heterocycles. The van der Waals surface area contributed by atoms with Gasteiger partial charge in [0.1, 0.15) is 0 Å². The van der Waals surface area contributed by atoms with E-state index < -0.39 is 17.5 Å². The normalized spacial score (nSPS) is 10.9. The number of halogens is 2. The Labute approximate surface area is 188 Å². The van der Waals surface area contributed by atoms with Crippen LogP contribution in [-0.2, 0) is 24.3 Å². The molecule has 168 valence electrons. The highest BCUT2D eigenvalue weighted by molar-refractivity contribution is 6.05. The number of benzene rings is 2. The van der Waals surface area contributed by atoms with Crippen LogP contribution in [0.15, 0.2) is 61.1 Å². The van der Waals surface area contributed by atoms with Crippen molar-refractivity contribution in [3.05, 3.63) is 89.5 Å². The molecule has 4 aromatic rings. The maximum atomic E-state index is 13.9. The molecule has 2 aromatic heterocycles. The molecule has 0 unspecified atom stereocenters. The van der Waals surface area contributed by atoms with E-state index >= 15 is 0 Å². The Morgan fingerprint density at radius 1 is 1.06 bits per heavy atom. The number of rotatable bonds is 7. The van der Waals surface area contributed by atoms with Crippen molar-refractivity contribution in [1.29, 1.82) is 0 Å². The third-order valence-electron chi connectivity index (χ3n) is 5.09. The molecular weight excluding hydrogens is 428 g/mol. The number of hydrogen-bond acceptors (Lipinski definition) is 4. The smallest absolute Gasteiger partial charge is 0.251 e. The lowest BCUT2D eigenvalue weighted by Crippen LogP contribution is -2.24. The molecule has 0 spiro atoms. The van der Waals surface area contributed by atoms with Crippen molar-refractivity contribution in [2.24, 2.45) is 0 Å². The van der Waals surface area contributed by atoms with Crippen molar-refractivity contribution in [3.8, 4) is 0 Å². The Kier molecular flexibility index (Phi) is 6.39. The van der Waals surface area contributed by atoms with Crippen LogP contribution in [-0.4, -0.2) is 26.3 Å². The van der Waals surface area contributed by atoms with Crippen LogP contribution in [0.25, 0.3) is 11.0 Å². The van der Waals surface area contributed by atoms with Crippen molar-refractivity contribution >= 4 is 28.5 Å². The molecule has 0 aliphatic heterocycles. The van der Waals surface area contributed by atoms with Crippen molar-refractivity contribution in [2.75, 3.05) is 5.32 Å². The number of hydrogen-bond donors (Lipinski definition) is 2. The van der Waals surface area contributed by atoms with Crippen LogP contribution < -0.4 is 10.6 Å². The molecule has 2 N–H and O–H groups in total. The van der Waals surface area contributed by atoms with Crippen molar-refractivity contribution < 1.29 is 18.4 Å². The summed E-state index contributed by atoms with van der Waals surface area (Å²) in [6.45, 7) is 1.76. The fourth-order valence-corrected chi connectivity index (χ4v) is 3.54. The van der Waals surface area contributed by atoms with Gasteiger partial charge in [-0.3, -0.25) is 14.6 Å². The molecule has 7 nitrogen and oxygen atoms in total. The van der Waals surface area contributed by atoms with Gasteiger partial charge < -0.3 is 15.2 Å². The Bertz CT molecular complexity index is 1320. The van der Waals surface area contributed by atoms with Gasteiger partial charge in [-0.05, 0) is 30.3 Å². The zero-order valence-corrected chi connectivity index (χ0v) is 17.8. The molecule has 0 aliphatic rings. The summed E-state index contributed by atoms with van der Waals surface area (Å²) in [5.74, 6) is -2.78. The maximum Gasteiger partial charge on any atom is 0.251 e. The lowest BCUT2D eigenvalue weighted by Gasteiger charge is -2.12. The van der Waals surface area contributed by atoms with Gasteiger partial charge in [0, 0.05) is 49.5 Å². The maximum absolute atomic E-state index is 13.9. The van der Waals surface area contributed by atoms with E-state index in [1.165, 1.54) is 19.1 Å². The Morgan fingerprint density at radius 2 is 1.91 bits per heavy atom. The van der Waals surface area contributed by atoms with E-state index in [1.807, 2.05) is 22.8 Å². The van der Waals surface area contributed by atoms with Gasteiger partial charge in [0.25, 0.3) is 5.91 Å². The molecule has 0 saturated carbocycles. The average Bonchev–Trinajstić information content (AvgIpc) is 3.22. The summed E-state index contributed by atoms with van der Waals surface area (Å²) in [4.78, 5) is 33.2. The second-order valence-electron chi connectivity index (χ2n) is 7.48. The number of nitrogens with one attached hydrogen (secondary N) is 2. The first kappa shape index (κ1) is 22.1. The van der Waals surface area contributed by atoms with Crippen molar-refractivity contribution in [3.63, 3.8) is 0 Å². The molecule has 0 aliphatic carbocycles. The quantitative estimate of drug-likeness (QED) is 0.449. The number of imidazole rings is 1. The summed E-state index contributed by atoms with van der Waals surface area (Å²) in [5.41, 5.74) is 2.81. The number of pyridine rings is 1. The molecule has 33 heavy (non-hydrogen) atoms. The molecule has 0 atom stereocenters. The van der Waals surface area contributed by atoms with Crippen LogP contribution in [0.5, 0.6) is 0 Å². The summed E-state index contributed by atoms with van der Waals surface area (Å²) >= 11 is 0. The zero-order chi connectivity index (χ0) is 23.4. The lowest BCUT2D eigenvalue weighted by atomic mass is 10.1. The van der Waals surface area contributed by atoms with Crippen LogP contribution in [0.2, 0.25) is 0 Å². The highest BCUT2D eigenvalue weighted by atomic mass is 19.2. The molecule has 0 bridgehead atoms. The first-order chi connectivity index (χ1) is 15.9. The van der Waals surface area contributed by atoms with Gasteiger partial charge in [-0.25, -0.2) is 13.8 Å². The lowest BCUT2D eigenvalue weighted by molar-refractivity contribution is -0.114. The summed E-state index contributed by atoms with van der Waals surface area (Å²) in [6, 6.07) is 12.6. The van der Waals surface area contributed by atoms with E-state index in [0.29, 0.717) is 29.7 Å². The van der Waals surface area contributed by atoms with Crippen molar-refractivity contribution in [1.82, 2.24) is 19.9 Å². The standard InChI is InChI=1S/C24H21F2N5O2/c1-15(32)30-21-12-17(24(33)28-13-16-5-4-7-19(25)22(16)26)11-20-23(21)31(14-29-20)10-8-18-6-2-3-9-27-18/h2-7,9,11-12,14H,8,10,13H2,1H3,(H,28,33)(H,30,32). The molecule has 4 rings (SSSR count). The second kappa shape index (κ2) is 9.56. The van der Waals surface area contributed by atoms with Gasteiger partial charge in [0.2, 0.25) is 5.91 Å². The Balaban J connectivity index is 1.59. The first-order valence-electron chi connectivity index (χ1n) is 10.3. The van der Waals surface area contributed by atoms with Gasteiger partial charge >= 0.3 is 0 Å². The highest BCUT2D eigenvalue weighted by Gasteiger charge is 2.16. The SMILES string of the molecule is CC(=O)Nc1cc(C(=O)NCc2cccc(F)c2F)cc2ncn(CCc3ccccn3)c12. The number of fused-ring (bicyclic) bond motifs is 1. The molecular formula is C24H21F2N5O2. The third kappa shape index (κ3) is 5.03. The fourth-order valence-electron chi connectivity index (χ4n) is 3.54. The Hall–Kier alpha value is -4.14. The fraction of sp³-hybridized carbons (Fsp3) is 0.167.